The number of aliphatic carboxylic acids is 1. The van der Waals surface area contributed by atoms with E-state index >= 15 is 0 Å². The van der Waals surface area contributed by atoms with Gasteiger partial charge in [0, 0.05) is 16.0 Å². The van der Waals surface area contributed by atoms with E-state index in [1.54, 1.807) is 18.2 Å². The molecule has 1 aromatic carbocycles. The standard InChI is InChI=1S/C14H13Cl2NO3/c15-8-3-7(4-9(16)5-8)10-6-11(10)12(18)17-14(1-2-14)13(19)20/h3-5,10-11H,1-2,6H2,(H,17,18)(H,19,20). The smallest absolute Gasteiger partial charge is 0.329 e. The minimum atomic E-state index is -1.02. The van der Waals surface area contributed by atoms with Gasteiger partial charge in [0.2, 0.25) is 5.91 Å². The summed E-state index contributed by atoms with van der Waals surface area (Å²) in [4.78, 5) is 23.1. The lowest BCUT2D eigenvalue weighted by Gasteiger charge is -2.12. The third kappa shape index (κ3) is 2.50. The van der Waals surface area contributed by atoms with Crippen molar-refractivity contribution in [2.75, 3.05) is 0 Å². The molecule has 2 N–H and O–H groups in total. The third-order valence-electron chi connectivity index (χ3n) is 3.96. The molecule has 0 heterocycles. The number of carboxylic acid groups (broad SMARTS) is 1. The van der Waals surface area contributed by atoms with Crippen LogP contribution in [0.5, 0.6) is 0 Å². The Kier molecular flexibility index (Phi) is 3.18. The molecular weight excluding hydrogens is 301 g/mol. The molecule has 20 heavy (non-hydrogen) atoms. The van der Waals surface area contributed by atoms with E-state index in [1.807, 2.05) is 0 Å². The Morgan fingerprint density at radius 1 is 1.20 bits per heavy atom. The van der Waals surface area contributed by atoms with Crippen molar-refractivity contribution >= 4 is 35.1 Å². The average molecular weight is 314 g/mol. The summed E-state index contributed by atoms with van der Waals surface area (Å²) in [6.07, 6.45) is 1.72. The summed E-state index contributed by atoms with van der Waals surface area (Å²) >= 11 is 11.9. The van der Waals surface area contributed by atoms with Crippen LogP contribution in [0.4, 0.5) is 0 Å². The number of rotatable bonds is 4. The van der Waals surface area contributed by atoms with Gasteiger partial charge in [0.05, 0.1) is 0 Å². The van der Waals surface area contributed by atoms with Crippen molar-refractivity contribution in [2.24, 2.45) is 5.92 Å². The number of benzene rings is 1. The van der Waals surface area contributed by atoms with E-state index < -0.39 is 11.5 Å². The number of carbonyl (C=O) groups is 2. The van der Waals surface area contributed by atoms with Crippen LogP contribution in [0, 0.1) is 5.92 Å². The van der Waals surface area contributed by atoms with E-state index in [1.165, 1.54) is 0 Å². The Morgan fingerprint density at radius 2 is 1.80 bits per heavy atom. The molecule has 0 saturated heterocycles. The molecule has 1 aromatic rings. The van der Waals surface area contributed by atoms with Crippen molar-refractivity contribution in [3.8, 4) is 0 Å². The van der Waals surface area contributed by atoms with Crippen LogP contribution in [0.2, 0.25) is 10.0 Å². The van der Waals surface area contributed by atoms with Crippen LogP contribution in [-0.4, -0.2) is 22.5 Å². The maximum absolute atomic E-state index is 12.1. The summed E-state index contributed by atoms with van der Waals surface area (Å²) in [5.74, 6) is -1.24. The van der Waals surface area contributed by atoms with Gasteiger partial charge in [-0.1, -0.05) is 23.2 Å². The Labute approximate surface area is 126 Å². The van der Waals surface area contributed by atoms with Gasteiger partial charge in [-0.25, -0.2) is 4.79 Å². The molecule has 0 bridgehead atoms. The van der Waals surface area contributed by atoms with E-state index in [0.717, 1.165) is 5.56 Å². The van der Waals surface area contributed by atoms with E-state index in [-0.39, 0.29) is 17.7 Å². The van der Waals surface area contributed by atoms with Crippen molar-refractivity contribution < 1.29 is 14.7 Å². The number of amides is 1. The zero-order valence-corrected chi connectivity index (χ0v) is 12.0. The number of hydrogen-bond acceptors (Lipinski definition) is 2. The monoisotopic (exact) mass is 313 g/mol. The Balaban J connectivity index is 1.67. The first-order chi connectivity index (χ1) is 9.41. The summed E-state index contributed by atoms with van der Waals surface area (Å²) in [6.45, 7) is 0. The number of nitrogens with one attached hydrogen (secondary N) is 1. The number of hydrogen-bond donors (Lipinski definition) is 2. The molecule has 3 rings (SSSR count). The quantitative estimate of drug-likeness (QED) is 0.898. The minimum Gasteiger partial charge on any atom is -0.480 e. The molecule has 2 saturated carbocycles. The van der Waals surface area contributed by atoms with Gasteiger partial charge in [-0.05, 0) is 48.9 Å². The first-order valence-corrected chi connectivity index (χ1v) is 7.18. The number of carbonyl (C=O) groups excluding carboxylic acids is 1. The zero-order valence-electron chi connectivity index (χ0n) is 10.5. The Hall–Kier alpha value is -1.26. The predicted molar refractivity (Wildman–Crippen MR) is 75.1 cm³/mol. The van der Waals surface area contributed by atoms with Crippen LogP contribution in [0.25, 0.3) is 0 Å². The molecule has 106 valence electrons. The fraction of sp³-hybridized carbons (Fsp3) is 0.429. The lowest BCUT2D eigenvalue weighted by molar-refractivity contribution is -0.143. The van der Waals surface area contributed by atoms with Gasteiger partial charge < -0.3 is 10.4 Å². The molecule has 2 unspecified atom stereocenters. The fourth-order valence-corrected chi connectivity index (χ4v) is 3.03. The molecule has 0 radical (unpaired) electrons. The normalized spacial score (nSPS) is 25.9. The molecule has 4 nitrogen and oxygen atoms in total. The molecule has 0 spiro atoms. The van der Waals surface area contributed by atoms with Gasteiger partial charge in [0.25, 0.3) is 0 Å². The van der Waals surface area contributed by atoms with E-state index in [2.05, 4.69) is 5.32 Å². The largest absolute Gasteiger partial charge is 0.480 e. The molecule has 6 heteroatoms. The van der Waals surface area contributed by atoms with Gasteiger partial charge >= 0.3 is 5.97 Å². The second-order valence-corrected chi connectivity index (χ2v) is 6.40. The summed E-state index contributed by atoms with van der Waals surface area (Å²) in [7, 11) is 0. The van der Waals surface area contributed by atoms with Crippen LogP contribution in [0.3, 0.4) is 0 Å². The SMILES string of the molecule is O=C(NC1(C(=O)O)CC1)C1CC1c1cc(Cl)cc(Cl)c1. The molecule has 2 aliphatic rings. The lowest BCUT2D eigenvalue weighted by Crippen LogP contribution is -2.43. The average Bonchev–Trinajstić information content (AvgIpc) is 3.22. The highest BCUT2D eigenvalue weighted by molar-refractivity contribution is 6.34. The highest BCUT2D eigenvalue weighted by Gasteiger charge is 2.54. The maximum atomic E-state index is 12.1. The summed E-state index contributed by atoms with van der Waals surface area (Å²) < 4.78 is 0. The molecule has 1 amide bonds. The second-order valence-electron chi connectivity index (χ2n) is 5.53. The zero-order chi connectivity index (χ0) is 14.5. The van der Waals surface area contributed by atoms with Crippen LogP contribution in [0.1, 0.15) is 30.7 Å². The highest BCUT2D eigenvalue weighted by atomic mass is 35.5. The van der Waals surface area contributed by atoms with Crippen molar-refractivity contribution in [3.63, 3.8) is 0 Å². The molecular formula is C14H13Cl2NO3. The topological polar surface area (TPSA) is 66.4 Å². The summed E-state index contributed by atoms with van der Waals surface area (Å²) in [6, 6.07) is 5.25. The van der Waals surface area contributed by atoms with Crippen LogP contribution >= 0.6 is 23.2 Å². The Morgan fingerprint density at radius 3 is 2.30 bits per heavy atom. The lowest BCUT2D eigenvalue weighted by atomic mass is 10.1. The van der Waals surface area contributed by atoms with Crippen molar-refractivity contribution in [2.45, 2.75) is 30.7 Å². The van der Waals surface area contributed by atoms with Crippen LogP contribution in [0.15, 0.2) is 18.2 Å². The van der Waals surface area contributed by atoms with Gasteiger partial charge in [0.1, 0.15) is 5.54 Å². The van der Waals surface area contributed by atoms with Crippen LogP contribution < -0.4 is 5.32 Å². The van der Waals surface area contributed by atoms with Crippen molar-refractivity contribution in [1.82, 2.24) is 5.32 Å². The first kappa shape index (κ1) is 13.7. The second kappa shape index (κ2) is 4.64. The predicted octanol–water partition coefficient (Wildman–Crippen LogP) is 2.83. The van der Waals surface area contributed by atoms with Crippen molar-refractivity contribution in [3.05, 3.63) is 33.8 Å². The Bertz CT molecular complexity index is 578. The molecule has 2 atom stereocenters. The highest BCUT2D eigenvalue weighted by Crippen LogP contribution is 2.49. The third-order valence-corrected chi connectivity index (χ3v) is 4.40. The summed E-state index contributed by atoms with van der Waals surface area (Å²) in [5.41, 5.74) is -0.0845. The van der Waals surface area contributed by atoms with Gasteiger partial charge in [-0.3, -0.25) is 4.79 Å². The molecule has 2 aliphatic carbocycles. The first-order valence-electron chi connectivity index (χ1n) is 6.43. The van der Waals surface area contributed by atoms with Crippen LogP contribution in [-0.2, 0) is 9.59 Å². The molecule has 0 aliphatic heterocycles. The van der Waals surface area contributed by atoms with Crippen molar-refractivity contribution in [1.29, 1.82) is 0 Å². The fourth-order valence-electron chi connectivity index (χ4n) is 2.49. The minimum absolute atomic E-state index is 0.0794. The van der Waals surface area contributed by atoms with E-state index in [9.17, 15) is 9.59 Å². The van der Waals surface area contributed by atoms with Gasteiger partial charge in [-0.15, -0.1) is 0 Å². The van der Waals surface area contributed by atoms with Gasteiger partial charge in [0.15, 0.2) is 0 Å². The number of halogens is 2. The van der Waals surface area contributed by atoms with E-state index in [4.69, 9.17) is 28.3 Å². The summed E-state index contributed by atoms with van der Waals surface area (Å²) in [5, 5.41) is 12.8. The molecule has 0 aromatic heterocycles. The van der Waals surface area contributed by atoms with Gasteiger partial charge in [-0.2, -0.15) is 0 Å². The maximum Gasteiger partial charge on any atom is 0.329 e. The number of carboxylic acids is 1. The molecule has 2 fully saturated rings. The van der Waals surface area contributed by atoms with E-state index in [0.29, 0.717) is 29.3 Å².